The van der Waals surface area contributed by atoms with Gasteiger partial charge in [-0.15, -0.1) is 0 Å². The number of fused-ring (bicyclic) bond motifs is 2. The van der Waals surface area contributed by atoms with Crippen molar-refractivity contribution in [3.63, 3.8) is 0 Å². The maximum atomic E-state index is 13.0. The second kappa shape index (κ2) is 7.33. The zero-order chi connectivity index (χ0) is 20.7. The van der Waals surface area contributed by atoms with Crippen LogP contribution in [0, 0.1) is 13.8 Å². The van der Waals surface area contributed by atoms with Crippen LogP contribution in [0.15, 0.2) is 48.7 Å². The number of aromatic nitrogens is 4. The minimum atomic E-state index is 0.0289. The number of amides is 1. The molecule has 0 spiro atoms. The monoisotopic (exact) mass is 398 g/mol. The summed E-state index contributed by atoms with van der Waals surface area (Å²) in [4.78, 5) is 35.5. The summed E-state index contributed by atoms with van der Waals surface area (Å²) >= 11 is 0. The molecule has 0 radical (unpaired) electrons. The van der Waals surface area contributed by atoms with Gasteiger partial charge < -0.3 is 9.80 Å². The van der Waals surface area contributed by atoms with Gasteiger partial charge in [-0.3, -0.25) is 9.78 Å². The van der Waals surface area contributed by atoms with Crippen molar-refractivity contribution in [1.29, 1.82) is 0 Å². The minimum Gasteiger partial charge on any atom is -0.352 e. The Morgan fingerprint density at radius 2 is 1.47 bits per heavy atom. The molecule has 7 heteroatoms. The van der Waals surface area contributed by atoms with Crippen LogP contribution in [0.25, 0.3) is 22.1 Å². The van der Waals surface area contributed by atoms with E-state index in [9.17, 15) is 4.79 Å². The van der Waals surface area contributed by atoms with Gasteiger partial charge in [0.1, 0.15) is 5.82 Å². The Morgan fingerprint density at radius 3 is 2.23 bits per heavy atom. The highest BCUT2D eigenvalue weighted by atomic mass is 16.2. The quantitative estimate of drug-likeness (QED) is 0.516. The van der Waals surface area contributed by atoms with Crippen molar-refractivity contribution in [3.05, 3.63) is 65.6 Å². The average molecular weight is 398 g/mol. The molecule has 0 atom stereocenters. The van der Waals surface area contributed by atoms with Crippen molar-refractivity contribution in [3.8, 4) is 0 Å². The molecule has 0 saturated carbocycles. The Hall–Kier alpha value is -3.61. The molecule has 4 aromatic rings. The third kappa shape index (κ3) is 3.32. The Labute approximate surface area is 174 Å². The molecule has 0 N–H and O–H groups in total. The summed E-state index contributed by atoms with van der Waals surface area (Å²) in [6, 6.07) is 13.4. The number of rotatable bonds is 2. The molecule has 30 heavy (non-hydrogen) atoms. The molecule has 2 aromatic carbocycles. The molecular formula is C23H22N6O. The van der Waals surface area contributed by atoms with Crippen molar-refractivity contribution < 1.29 is 4.79 Å². The number of benzene rings is 2. The van der Waals surface area contributed by atoms with Crippen LogP contribution in [0.5, 0.6) is 0 Å². The lowest BCUT2D eigenvalue weighted by Crippen LogP contribution is -2.49. The molecule has 1 aliphatic rings. The normalized spacial score (nSPS) is 14.5. The van der Waals surface area contributed by atoms with E-state index in [4.69, 9.17) is 4.98 Å². The molecule has 7 nitrogen and oxygen atoms in total. The van der Waals surface area contributed by atoms with Gasteiger partial charge in [-0.05, 0) is 44.2 Å². The zero-order valence-corrected chi connectivity index (χ0v) is 17.0. The highest BCUT2D eigenvalue weighted by Crippen LogP contribution is 2.19. The second-order valence-electron chi connectivity index (χ2n) is 7.59. The number of carbonyl (C=O) groups excluding carboxylic acids is 1. The van der Waals surface area contributed by atoms with Crippen LogP contribution in [0.1, 0.15) is 21.7 Å². The van der Waals surface area contributed by atoms with Crippen molar-refractivity contribution in [2.75, 3.05) is 31.1 Å². The topological polar surface area (TPSA) is 75.1 Å². The first-order valence-corrected chi connectivity index (χ1v) is 10.1. The first-order chi connectivity index (χ1) is 14.6. The molecule has 150 valence electrons. The van der Waals surface area contributed by atoms with Crippen LogP contribution >= 0.6 is 0 Å². The van der Waals surface area contributed by atoms with E-state index in [1.165, 1.54) is 0 Å². The van der Waals surface area contributed by atoms with Crippen LogP contribution in [0.4, 0.5) is 5.82 Å². The largest absolute Gasteiger partial charge is 0.352 e. The van der Waals surface area contributed by atoms with Crippen molar-refractivity contribution >= 4 is 33.8 Å². The SMILES string of the molecule is Cc1nc2ccc(C(=O)N3CCN(c4cnc5ccccc5n4)CC3)cc2nc1C. The van der Waals surface area contributed by atoms with Crippen LogP contribution < -0.4 is 4.90 Å². The molecule has 3 heterocycles. The number of aryl methyl sites for hydroxylation is 2. The molecular weight excluding hydrogens is 376 g/mol. The molecule has 1 aliphatic heterocycles. The van der Waals surface area contributed by atoms with E-state index in [-0.39, 0.29) is 5.91 Å². The van der Waals surface area contributed by atoms with E-state index in [2.05, 4.69) is 19.9 Å². The summed E-state index contributed by atoms with van der Waals surface area (Å²) in [7, 11) is 0. The highest BCUT2D eigenvalue weighted by Gasteiger charge is 2.23. The fourth-order valence-corrected chi connectivity index (χ4v) is 3.78. The molecule has 2 aromatic heterocycles. The zero-order valence-electron chi connectivity index (χ0n) is 17.0. The van der Waals surface area contributed by atoms with Gasteiger partial charge in [0, 0.05) is 31.7 Å². The van der Waals surface area contributed by atoms with Gasteiger partial charge >= 0.3 is 0 Å². The van der Waals surface area contributed by atoms with Crippen LogP contribution in [-0.4, -0.2) is 56.9 Å². The molecule has 0 unspecified atom stereocenters. The average Bonchev–Trinajstić information content (AvgIpc) is 2.79. The molecule has 1 saturated heterocycles. The third-order valence-corrected chi connectivity index (χ3v) is 5.65. The Balaban J connectivity index is 1.31. The fraction of sp³-hybridized carbons (Fsp3) is 0.261. The highest BCUT2D eigenvalue weighted by molar-refractivity contribution is 5.97. The number of carbonyl (C=O) groups is 1. The third-order valence-electron chi connectivity index (χ3n) is 5.65. The summed E-state index contributed by atoms with van der Waals surface area (Å²) in [5, 5.41) is 0. The predicted molar refractivity (Wildman–Crippen MR) is 117 cm³/mol. The summed E-state index contributed by atoms with van der Waals surface area (Å²) in [6.07, 6.45) is 1.81. The Morgan fingerprint density at radius 1 is 0.800 bits per heavy atom. The van der Waals surface area contributed by atoms with Crippen molar-refractivity contribution in [2.24, 2.45) is 0 Å². The van der Waals surface area contributed by atoms with Gasteiger partial charge in [-0.25, -0.2) is 15.0 Å². The smallest absolute Gasteiger partial charge is 0.254 e. The first kappa shape index (κ1) is 18.4. The molecule has 1 fully saturated rings. The second-order valence-corrected chi connectivity index (χ2v) is 7.59. The van der Waals surface area contributed by atoms with Gasteiger partial charge in [0.15, 0.2) is 0 Å². The lowest BCUT2D eigenvalue weighted by Gasteiger charge is -2.35. The first-order valence-electron chi connectivity index (χ1n) is 10.1. The van der Waals surface area contributed by atoms with E-state index in [0.717, 1.165) is 52.4 Å². The summed E-state index contributed by atoms with van der Waals surface area (Å²) in [5.41, 5.74) is 5.80. The minimum absolute atomic E-state index is 0.0289. The molecule has 5 rings (SSSR count). The summed E-state index contributed by atoms with van der Waals surface area (Å²) in [6.45, 7) is 6.62. The van der Waals surface area contributed by atoms with E-state index >= 15 is 0 Å². The molecule has 1 amide bonds. The van der Waals surface area contributed by atoms with E-state index in [0.29, 0.717) is 18.7 Å². The van der Waals surface area contributed by atoms with Gasteiger partial charge in [0.25, 0.3) is 5.91 Å². The predicted octanol–water partition coefficient (Wildman–Crippen LogP) is 3.15. The summed E-state index contributed by atoms with van der Waals surface area (Å²) < 4.78 is 0. The van der Waals surface area contributed by atoms with Crippen LogP contribution in [-0.2, 0) is 0 Å². The van der Waals surface area contributed by atoms with Crippen LogP contribution in [0.2, 0.25) is 0 Å². The van der Waals surface area contributed by atoms with Gasteiger partial charge in [-0.1, -0.05) is 12.1 Å². The number of anilines is 1. The van der Waals surface area contributed by atoms with Crippen molar-refractivity contribution in [1.82, 2.24) is 24.8 Å². The summed E-state index contributed by atoms with van der Waals surface area (Å²) in [5.74, 6) is 0.883. The van der Waals surface area contributed by atoms with E-state index < -0.39 is 0 Å². The van der Waals surface area contributed by atoms with Gasteiger partial charge in [-0.2, -0.15) is 0 Å². The Bertz CT molecular complexity index is 1260. The number of nitrogens with zero attached hydrogens (tertiary/aromatic N) is 6. The van der Waals surface area contributed by atoms with Crippen LogP contribution in [0.3, 0.4) is 0 Å². The number of hydrogen-bond acceptors (Lipinski definition) is 6. The van der Waals surface area contributed by atoms with E-state index in [1.807, 2.05) is 67.4 Å². The maximum Gasteiger partial charge on any atom is 0.254 e. The number of hydrogen-bond donors (Lipinski definition) is 0. The number of piperazine rings is 1. The van der Waals surface area contributed by atoms with Gasteiger partial charge in [0.2, 0.25) is 0 Å². The number of para-hydroxylation sites is 2. The molecule has 0 aliphatic carbocycles. The van der Waals surface area contributed by atoms with Crippen molar-refractivity contribution in [2.45, 2.75) is 13.8 Å². The van der Waals surface area contributed by atoms with Gasteiger partial charge in [0.05, 0.1) is 39.7 Å². The lowest BCUT2D eigenvalue weighted by atomic mass is 10.1. The fourth-order valence-electron chi connectivity index (χ4n) is 3.78. The maximum absolute atomic E-state index is 13.0. The lowest BCUT2D eigenvalue weighted by molar-refractivity contribution is 0.0746. The Kier molecular flexibility index (Phi) is 4.50. The molecule has 0 bridgehead atoms. The standard InChI is InChI=1S/C23H22N6O/c1-15-16(2)26-21-13-17(7-8-20(21)25-15)23(30)29-11-9-28(10-12-29)22-14-24-18-5-3-4-6-19(18)27-22/h3-8,13-14H,9-12H2,1-2H3. The van der Waals surface area contributed by atoms with E-state index in [1.54, 1.807) is 0 Å².